The number of hydrazine groups is 2. The minimum Gasteiger partial charge on any atom is -0.319 e. The maximum absolute atomic E-state index is 13.7. The Morgan fingerprint density at radius 3 is 2.37 bits per heavy atom. The van der Waals surface area contributed by atoms with Crippen LogP contribution in [0.25, 0.3) is 0 Å². The molecule has 1 saturated carbocycles. The number of hydrogen-bond acceptors (Lipinski definition) is 8. The quantitative estimate of drug-likeness (QED) is 0.460. The second-order valence-electron chi connectivity index (χ2n) is 12.0. The van der Waals surface area contributed by atoms with Crippen molar-refractivity contribution in [2.24, 2.45) is 11.8 Å². The molecule has 200 valence electrons. The summed E-state index contributed by atoms with van der Waals surface area (Å²) >= 11 is 0. The van der Waals surface area contributed by atoms with Crippen molar-refractivity contribution in [1.29, 1.82) is 0 Å². The fourth-order valence-corrected chi connectivity index (χ4v) is 8.12. The van der Waals surface area contributed by atoms with Crippen molar-refractivity contribution in [3.63, 3.8) is 0 Å². The number of urea groups is 1. The fraction of sp³-hybridized carbons (Fsp3) is 0.913. The zero-order valence-corrected chi connectivity index (χ0v) is 22.8. The lowest BCUT2D eigenvalue weighted by Gasteiger charge is -2.49. The molecule has 0 aromatic rings. The summed E-state index contributed by atoms with van der Waals surface area (Å²) in [4.78, 5) is 30.7. The molecule has 0 bridgehead atoms. The van der Waals surface area contributed by atoms with Crippen molar-refractivity contribution in [3.05, 3.63) is 0 Å². The molecule has 4 fully saturated rings. The lowest BCUT2D eigenvalue weighted by Crippen LogP contribution is -2.66. The van der Waals surface area contributed by atoms with Gasteiger partial charge in [0.25, 0.3) is 0 Å². The van der Waals surface area contributed by atoms with Gasteiger partial charge in [-0.05, 0) is 53.4 Å². The minimum atomic E-state index is -3.59. The van der Waals surface area contributed by atoms with Gasteiger partial charge in [0.05, 0.1) is 11.2 Å². The van der Waals surface area contributed by atoms with E-state index in [4.69, 9.17) is 0 Å². The third-order valence-electron chi connectivity index (χ3n) is 7.74. The third-order valence-corrected chi connectivity index (χ3v) is 9.94. The van der Waals surface area contributed by atoms with E-state index in [1.165, 1.54) is 4.90 Å². The maximum Gasteiger partial charge on any atom is 0.327 e. The van der Waals surface area contributed by atoms with E-state index >= 15 is 0 Å². The van der Waals surface area contributed by atoms with Gasteiger partial charge in [-0.15, -0.1) is 0 Å². The first-order valence-electron chi connectivity index (χ1n) is 12.8. The van der Waals surface area contributed by atoms with Gasteiger partial charge < -0.3 is 4.90 Å². The summed E-state index contributed by atoms with van der Waals surface area (Å²) in [6.07, 6.45) is 2.11. The van der Waals surface area contributed by atoms with Gasteiger partial charge in [0, 0.05) is 69.9 Å². The average molecular weight is 514 g/mol. The normalized spacial score (nSPS) is 35.7. The highest BCUT2D eigenvalue weighted by atomic mass is 32.2. The van der Waals surface area contributed by atoms with E-state index in [-0.39, 0.29) is 36.4 Å². The molecule has 11 nitrogen and oxygen atoms in total. The highest BCUT2D eigenvalue weighted by Gasteiger charge is 2.52. The Morgan fingerprint density at radius 2 is 1.80 bits per heavy atom. The van der Waals surface area contributed by atoms with Crippen LogP contribution in [0.1, 0.15) is 53.4 Å². The second-order valence-corrected chi connectivity index (χ2v) is 14.0. The Balaban J connectivity index is 1.58. The van der Waals surface area contributed by atoms with E-state index in [9.17, 15) is 18.0 Å². The Hall–Kier alpha value is -1.31. The van der Waals surface area contributed by atoms with Crippen molar-refractivity contribution >= 4 is 22.0 Å². The third kappa shape index (κ3) is 5.83. The molecule has 0 aromatic carbocycles. The van der Waals surface area contributed by atoms with E-state index in [1.54, 1.807) is 0 Å². The second kappa shape index (κ2) is 9.86. The van der Waals surface area contributed by atoms with Crippen LogP contribution < -0.4 is 15.6 Å². The highest BCUT2D eigenvalue weighted by molar-refractivity contribution is 7.90. The predicted octanol–water partition coefficient (Wildman–Crippen LogP) is 0.169. The number of nitrogens with one attached hydrogen (secondary N) is 3. The number of carbonyl (C=O) groups excluding carboxylic acids is 2. The minimum absolute atomic E-state index is 0.146. The molecule has 0 spiro atoms. The molecule has 4 aliphatic rings. The molecule has 6 atom stereocenters. The van der Waals surface area contributed by atoms with Gasteiger partial charge in [-0.3, -0.25) is 20.5 Å². The van der Waals surface area contributed by atoms with Gasteiger partial charge >= 0.3 is 6.03 Å². The number of sulfonamides is 1. The van der Waals surface area contributed by atoms with Gasteiger partial charge in [-0.2, -0.15) is 0 Å². The summed E-state index contributed by atoms with van der Waals surface area (Å²) in [5.41, 5.74) is 6.05. The van der Waals surface area contributed by atoms with Gasteiger partial charge in [-0.25, -0.2) is 28.0 Å². The summed E-state index contributed by atoms with van der Waals surface area (Å²) in [7, 11) is 0.350. The zero-order chi connectivity index (χ0) is 25.7. The number of hydrogen-bond donors (Lipinski definition) is 3. The summed E-state index contributed by atoms with van der Waals surface area (Å²) in [6, 6.07) is -0.0234. The monoisotopic (exact) mass is 513 g/mol. The molecular formula is C23H43N7O4S. The van der Waals surface area contributed by atoms with Crippen molar-refractivity contribution in [3.8, 4) is 0 Å². The van der Waals surface area contributed by atoms with Crippen LogP contribution in [0.5, 0.6) is 0 Å². The van der Waals surface area contributed by atoms with Crippen molar-refractivity contribution in [1.82, 2.24) is 35.4 Å². The van der Waals surface area contributed by atoms with Gasteiger partial charge in [0.15, 0.2) is 0 Å². The summed E-state index contributed by atoms with van der Waals surface area (Å²) in [6.45, 7) is 9.93. The molecule has 0 radical (unpaired) electrons. The SMILES string of the molecule is CC1CC(CN2C(=O)N(CC3CNN(C)C3)C(=O)C3CC(S(=O)(=O)NC(C)(C)C)CCC32)N(C)N1. The van der Waals surface area contributed by atoms with Crippen LogP contribution in [0.15, 0.2) is 0 Å². The standard InChI is InChI=1S/C23H43N7O4S/c1-15-9-17(28(6)25-15)14-29-20-8-7-18(35(33,34)26-23(2,3)4)10-19(20)21(31)30(22(29)32)13-16-11-24-27(5)12-16/h15-20,24-26H,7-14H2,1-6H3. The van der Waals surface area contributed by atoms with Crippen LogP contribution in [0.4, 0.5) is 4.79 Å². The number of carbonyl (C=O) groups is 2. The molecule has 4 rings (SSSR count). The van der Waals surface area contributed by atoms with Crippen LogP contribution >= 0.6 is 0 Å². The van der Waals surface area contributed by atoms with E-state index in [0.717, 1.165) is 13.0 Å². The van der Waals surface area contributed by atoms with Crippen LogP contribution in [0, 0.1) is 11.8 Å². The first-order chi connectivity index (χ1) is 16.2. The van der Waals surface area contributed by atoms with Crippen molar-refractivity contribution in [2.75, 3.05) is 40.3 Å². The smallest absolute Gasteiger partial charge is 0.319 e. The number of rotatable bonds is 6. The van der Waals surface area contributed by atoms with Gasteiger partial charge in [-0.1, -0.05) is 0 Å². The number of likely N-dealkylation sites (N-methyl/N-ethyl adjacent to an activating group) is 1. The summed E-state index contributed by atoms with van der Waals surface area (Å²) in [5, 5.41) is 3.40. The van der Waals surface area contributed by atoms with Crippen LogP contribution in [0.3, 0.4) is 0 Å². The molecule has 3 saturated heterocycles. The Labute approximate surface area is 209 Å². The summed E-state index contributed by atoms with van der Waals surface area (Å²) < 4.78 is 29.1. The lowest BCUT2D eigenvalue weighted by atomic mass is 9.80. The first-order valence-corrected chi connectivity index (χ1v) is 14.4. The van der Waals surface area contributed by atoms with Crippen LogP contribution in [-0.2, 0) is 14.8 Å². The molecular weight excluding hydrogens is 470 g/mol. The number of nitrogens with zero attached hydrogens (tertiary/aromatic N) is 4. The van der Waals surface area contributed by atoms with E-state index < -0.39 is 26.7 Å². The van der Waals surface area contributed by atoms with Crippen LogP contribution in [-0.4, -0.2) is 109 Å². The predicted molar refractivity (Wildman–Crippen MR) is 133 cm³/mol. The van der Waals surface area contributed by atoms with Gasteiger partial charge in [0.2, 0.25) is 15.9 Å². The molecule has 3 heterocycles. The largest absolute Gasteiger partial charge is 0.327 e. The van der Waals surface area contributed by atoms with E-state index in [0.29, 0.717) is 38.5 Å². The fourth-order valence-electron chi connectivity index (χ4n) is 6.20. The lowest BCUT2D eigenvalue weighted by molar-refractivity contribution is -0.141. The molecule has 0 aromatic heterocycles. The maximum atomic E-state index is 13.7. The average Bonchev–Trinajstić information content (AvgIpc) is 3.29. The topological polar surface area (TPSA) is 117 Å². The molecule has 3 N–H and O–H groups in total. The highest BCUT2D eigenvalue weighted by Crippen LogP contribution is 2.38. The van der Waals surface area contributed by atoms with E-state index in [2.05, 4.69) is 27.5 Å². The van der Waals surface area contributed by atoms with Crippen molar-refractivity contribution < 1.29 is 18.0 Å². The molecule has 6 unspecified atom stereocenters. The number of fused-ring (bicyclic) bond motifs is 1. The number of amides is 3. The Bertz CT molecular complexity index is 923. The van der Waals surface area contributed by atoms with Crippen LogP contribution in [0.2, 0.25) is 0 Å². The molecule has 35 heavy (non-hydrogen) atoms. The molecule has 3 amide bonds. The van der Waals surface area contributed by atoms with Crippen molar-refractivity contribution in [2.45, 2.75) is 82.3 Å². The molecule has 12 heteroatoms. The Kier molecular flexibility index (Phi) is 7.54. The number of imide groups is 1. The first kappa shape index (κ1) is 26.7. The Morgan fingerprint density at radius 1 is 1.09 bits per heavy atom. The van der Waals surface area contributed by atoms with Gasteiger partial charge in [0.1, 0.15) is 0 Å². The summed E-state index contributed by atoms with van der Waals surface area (Å²) in [5.74, 6) is -0.576. The zero-order valence-electron chi connectivity index (χ0n) is 22.0. The molecule has 1 aliphatic carbocycles. The molecule has 3 aliphatic heterocycles. The van der Waals surface area contributed by atoms with E-state index in [1.807, 2.05) is 44.8 Å².